The van der Waals surface area contributed by atoms with E-state index in [2.05, 4.69) is 15.4 Å². The van der Waals surface area contributed by atoms with Gasteiger partial charge in [0.05, 0.1) is 24.0 Å². The number of ether oxygens (including phenoxy) is 2. The molecule has 0 aliphatic carbocycles. The minimum Gasteiger partial charge on any atom is -0.493 e. The monoisotopic (exact) mass is 401 g/mol. The van der Waals surface area contributed by atoms with Crippen molar-refractivity contribution in [3.05, 3.63) is 53.1 Å². The number of amides is 1. The molecule has 1 saturated heterocycles. The molecule has 0 radical (unpaired) electrons. The fourth-order valence-electron chi connectivity index (χ4n) is 2.92. The Hall–Kier alpha value is -2.73. The molecule has 1 aliphatic rings. The summed E-state index contributed by atoms with van der Waals surface area (Å²) in [6.45, 7) is 1.84. The third-order valence-electron chi connectivity index (χ3n) is 4.40. The highest BCUT2D eigenvalue weighted by molar-refractivity contribution is 6.33. The van der Waals surface area contributed by atoms with Crippen LogP contribution in [-0.2, 0) is 4.79 Å². The minimum atomic E-state index is -0.300. The molecule has 3 rings (SSSR count). The highest BCUT2D eigenvalue weighted by Crippen LogP contribution is 2.28. The van der Waals surface area contributed by atoms with Crippen LogP contribution in [0.15, 0.2) is 47.6 Å². The maximum Gasteiger partial charge on any atom is 0.262 e. The van der Waals surface area contributed by atoms with Crippen LogP contribution >= 0.6 is 11.6 Å². The third kappa shape index (κ3) is 5.63. The molecule has 1 heterocycles. The van der Waals surface area contributed by atoms with Gasteiger partial charge in [0.1, 0.15) is 0 Å². The van der Waals surface area contributed by atoms with Gasteiger partial charge in [0.25, 0.3) is 5.91 Å². The number of hydrogen-bond acceptors (Lipinski definition) is 5. The van der Waals surface area contributed by atoms with Crippen LogP contribution in [0.3, 0.4) is 0 Å². The van der Waals surface area contributed by atoms with Crippen LogP contribution in [-0.4, -0.2) is 43.9 Å². The zero-order chi connectivity index (χ0) is 19.8. The van der Waals surface area contributed by atoms with E-state index in [1.54, 1.807) is 37.4 Å². The summed E-state index contributed by atoms with van der Waals surface area (Å²) < 4.78 is 11.0. The van der Waals surface area contributed by atoms with Gasteiger partial charge in [-0.1, -0.05) is 23.7 Å². The molecule has 0 spiro atoms. The predicted molar refractivity (Wildman–Crippen MR) is 112 cm³/mol. The van der Waals surface area contributed by atoms with Crippen molar-refractivity contribution < 1.29 is 14.3 Å². The molecule has 1 amide bonds. The Labute approximate surface area is 170 Å². The number of hydrazone groups is 1. The maximum absolute atomic E-state index is 12.1. The molecule has 0 atom stereocenters. The highest BCUT2D eigenvalue weighted by Gasteiger charge is 2.10. The molecule has 1 aliphatic heterocycles. The number of anilines is 1. The number of nitrogens with zero attached hydrogens (tertiary/aromatic N) is 2. The van der Waals surface area contributed by atoms with Gasteiger partial charge in [-0.15, -0.1) is 0 Å². The lowest BCUT2D eigenvalue weighted by molar-refractivity contribution is -0.118. The number of methoxy groups -OCH3 is 1. The average Bonchev–Trinajstić information content (AvgIpc) is 2.73. The van der Waals surface area contributed by atoms with Crippen LogP contribution in [0.1, 0.15) is 24.8 Å². The van der Waals surface area contributed by atoms with E-state index >= 15 is 0 Å². The largest absolute Gasteiger partial charge is 0.493 e. The molecule has 1 N–H and O–H groups in total. The Morgan fingerprint density at radius 3 is 2.71 bits per heavy atom. The van der Waals surface area contributed by atoms with Crippen molar-refractivity contribution in [2.24, 2.45) is 5.10 Å². The summed E-state index contributed by atoms with van der Waals surface area (Å²) in [6, 6.07) is 12.6. The maximum atomic E-state index is 12.1. The molecular formula is C21H24ClN3O3. The first-order valence-corrected chi connectivity index (χ1v) is 9.67. The van der Waals surface area contributed by atoms with Gasteiger partial charge in [-0.05, 0) is 55.2 Å². The van der Waals surface area contributed by atoms with Crippen molar-refractivity contribution in [3.8, 4) is 11.5 Å². The molecule has 0 saturated carbocycles. The summed E-state index contributed by atoms with van der Waals surface area (Å²) >= 11 is 6.05. The van der Waals surface area contributed by atoms with Gasteiger partial charge in [-0.2, -0.15) is 5.10 Å². The predicted octanol–water partition coefficient (Wildman–Crippen LogP) is 4.19. The van der Waals surface area contributed by atoms with Crippen molar-refractivity contribution in [2.75, 3.05) is 32.1 Å². The molecule has 2 aromatic carbocycles. The van der Waals surface area contributed by atoms with Crippen LogP contribution in [0.2, 0.25) is 5.02 Å². The standard InChI is InChI=1S/C21H24ClN3O3/c1-27-20-13-16(14-23-25-11-5-2-6-12-25)9-10-19(20)28-15-21(26)24-18-8-4-3-7-17(18)22/h3-4,7-10,13-14H,2,5-6,11-12,15H2,1H3,(H,24,26)/b23-14-. The number of para-hydroxylation sites is 1. The molecule has 28 heavy (non-hydrogen) atoms. The van der Waals surface area contributed by atoms with Crippen molar-refractivity contribution >= 4 is 29.4 Å². The van der Waals surface area contributed by atoms with Crippen LogP contribution in [0.4, 0.5) is 5.69 Å². The zero-order valence-electron chi connectivity index (χ0n) is 15.9. The smallest absolute Gasteiger partial charge is 0.262 e. The SMILES string of the molecule is COc1cc(/C=N\N2CCCCC2)ccc1OCC(=O)Nc1ccccc1Cl. The van der Waals surface area contributed by atoms with Gasteiger partial charge >= 0.3 is 0 Å². The second-order valence-electron chi connectivity index (χ2n) is 6.49. The van der Waals surface area contributed by atoms with E-state index in [1.165, 1.54) is 19.3 Å². The summed E-state index contributed by atoms with van der Waals surface area (Å²) in [6.07, 6.45) is 5.46. The molecular weight excluding hydrogens is 378 g/mol. The fraction of sp³-hybridized carbons (Fsp3) is 0.333. The average molecular weight is 402 g/mol. The van der Waals surface area contributed by atoms with Crippen LogP contribution in [0, 0.1) is 0 Å². The minimum absolute atomic E-state index is 0.150. The van der Waals surface area contributed by atoms with Gasteiger partial charge < -0.3 is 14.8 Å². The van der Waals surface area contributed by atoms with Gasteiger partial charge in [0.15, 0.2) is 18.1 Å². The molecule has 1 fully saturated rings. The van der Waals surface area contributed by atoms with E-state index in [4.69, 9.17) is 21.1 Å². The van der Waals surface area contributed by atoms with E-state index in [9.17, 15) is 4.79 Å². The van der Waals surface area contributed by atoms with Gasteiger partial charge in [-0.3, -0.25) is 9.80 Å². The number of carbonyl (C=O) groups is 1. The number of piperidine rings is 1. The highest BCUT2D eigenvalue weighted by atomic mass is 35.5. The topological polar surface area (TPSA) is 63.2 Å². The number of carbonyl (C=O) groups excluding carboxylic acids is 1. The van der Waals surface area contributed by atoms with Crippen molar-refractivity contribution in [3.63, 3.8) is 0 Å². The van der Waals surface area contributed by atoms with E-state index in [0.717, 1.165) is 18.7 Å². The van der Waals surface area contributed by atoms with Gasteiger partial charge in [0, 0.05) is 13.1 Å². The second kappa shape index (κ2) is 9.99. The second-order valence-corrected chi connectivity index (χ2v) is 6.89. The molecule has 0 aromatic heterocycles. The summed E-state index contributed by atoms with van der Waals surface area (Å²) in [7, 11) is 1.57. The normalized spacial score (nSPS) is 14.1. The number of nitrogens with one attached hydrogen (secondary N) is 1. The Balaban J connectivity index is 1.58. The lowest BCUT2D eigenvalue weighted by Crippen LogP contribution is -2.24. The summed E-state index contributed by atoms with van der Waals surface area (Å²) in [5.41, 5.74) is 1.46. The van der Waals surface area contributed by atoms with Crippen molar-refractivity contribution in [1.29, 1.82) is 0 Å². The Morgan fingerprint density at radius 2 is 1.96 bits per heavy atom. The first-order chi connectivity index (χ1) is 13.7. The number of halogens is 1. The Morgan fingerprint density at radius 1 is 1.18 bits per heavy atom. The molecule has 0 unspecified atom stereocenters. The summed E-state index contributed by atoms with van der Waals surface area (Å²) in [4.78, 5) is 12.1. The summed E-state index contributed by atoms with van der Waals surface area (Å²) in [5.74, 6) is 0.742. The lowest BCUT2D eigenvalue weighted by atomic mass is 10.2. The van der Waals surface area contributed by atoms with E-state index in [0.29, 0.717) is 22.2 Å². The van der Waals surface area contributed by atoms with Crippen LogP contribution < -0.4 is 14.8 Å². The Bertz CT molecular complexity index is 835. The van der Waals surface area contributed by atoms with Crippen LogP contribution in [0.5, 0.6) is 11.5 Å². The lowest BCUT2D eigenvalue weighted by Gasteiger charge is -2.23. The van der Waals surface area contributed by atoms with Crippen molar-refractivity contribution in [2.45, 2.75) is 19.3 Å². The fourth-order valence-corrected chi connectivity index (χ4v) is 3.10. The zero-order valence-corrected chi connectivity index (χ0v) is 16.6. The Kier molecular flexibility index (Phi) is 7.14. The quantitative estimate of drug-likeness (QED) is 0.707. The molecule has 148 valence electrons. The van der Waals surface area contributed by atoms with E-state index in [1.807, 2.05) is 18.3 Å². The number of rotatable bonds is 7. The van der Waals surface area contributed by atoms with Crippen LogP contribution in [0.25, 0.3) is 0 Å². The summed E-state index contributed by atoms with van der Waals surface area (Å²) in [5, 5.41) is 9.81. The van der Waals surface area contributed by atoms with Gasteiger partial charge in [0.2, 0.25) is 0 Å². The number of benzene rings is 2. The number of hydrogen-bond donors (Lipinski definition) is 1. The van der Waals surface area contributed by atoms with E-state index < -0.39 is 0 Å². The third-order valence-corrected chi connectivity index (χ3v) is 4.73. The first-order valence-electron chi connectivity index (χ1n) is 9.30. The van der Waals surface area contributed by atoms with Gasteiger partial charge in [-0.25, -0.2) is 0 Å². The first kappa shape index (κ1) is 20.0. The molecule has 6 nitrogen and oxygen atoms in total. The molecule has 2 aromatic rings. The molecule has 7 heteroatoms. The van der Waals surface area contributed by atoms with E-state index in [-0.39, 0.29) is 12.5 Å². The van der Waals surface area contributed by atoms with Crippen molar-refractivity contribution in [1.82, 2.24) is 5.01 Å². The molecule has 0 bridgehead atoms.